The van der Waals surface area contributed by atoms with Crippen LogP contribution in [0.4, 0.5) is 0 Å². The molecule has 2 aromatic heterocycles. The van der Waals surface area contributed by atoms with Crippen molar-refractivity contribution in [2.75, 3.05) is 0 Å². The van der Waals surface area contributed by atoms with Gasteiger partial charge in [0.2, 0.25) is 0 Å². The number of aromatic nitrogens is 4. The fraction of sp³-hybridized carbons (Fsp3) is 0.400. The Labute approximate surface area is 116 Å². The summed E-state index contributed by atoms with van der Waals surface area (Å²) in [4.78, 5) is 13.9. The van der Waals surface area contributed by atoms with Crippen molar-refractivity contribution in [3.63, 3.8) is 0 Å². The number of H-pyrrole nitrogens is 2. The van der Waals surface area contributed by atoms with Gasteiger partial charge in [0, 0.05) is 37.6 Å². The zero-order chi connectivity index (χ0) is 12.9. The van der Waals surface area contributed by atoms with Crippen molar-refractivity contribution >= 4 is 20.2 Å². The Balaban J connectivity index is 0.000000247. The summed E-state index contributed by atoms with van der Waals surface area (Å²) in [5.74, 6) is 2.11. The van der Waals surface area contributed by atoms with Crippen molar-refractivity contribution in [2.24, 2.45) is 0 Å². The van der Waals surface area contributed by atoms with E-state index in [1.165, 1.54) is 0 Å². The quantitative estimate of drug-likeness (QED) is 0.834. The fourth-order valence-corrected chi connectivity index (χ4v) is 0.983. The molecular formula is C10H16Cl2FeN4. The van der Waals surface area contributed by atoms with Crippen molar-refractivity contribution in [3.05, 3.63) is 36.4 Å². The first-order chi connectivity index (χ1) is 8.28. The van der Waals surface area contributed by atoms with Gasteiger partial charge in [-0.25, -0.2) is 9.97 Å². The van der Waals surface area contributed by atoms with E-state index in [0.29, 0.717) is 0 Å². The van der Waals surface area contributed by atoms with E-state index in [0.717, 1.165) is 24.5 Å². The van der Waals surface area contributed by atoms with Gasteiger partial charge in [-0.15, -0.1) is 0 Å². The third-order valence-electron chi connectivity index (χ3n) is 1.78. The van der Waals surface area contributed by atoms with E-state index >= 15 is 0 Å². The van der Waals surface area contributed by atoms with Gasteiger partial charge in [-0.2, -0.15) is 0 Å². The molecule has 2 rings (SSSR count). The predicted molar refractivity (Wildman–Crippen MR) is 67.6 cm³/mol. The van der Waals surface area contributed by atoms with Gasteiger partial charge < -0.3 is 9.97 Å². The van der Waals surface area contributed by atoms with E-state index in [4.69, 9.17) is 20.2 Å². The topological polar surface area (TPSA) is 57.4 Å². The molecule has 0 unspecified atom stereocenters. The minimum atomic E-state index is 0.194. The molecule has 0 atom stereocenters. The molecule has 0 aromatic carbocycles. The molecule has 0 amide bonds. The first-order valence-corrected chi connectivity index (χ1v) is 8.13. The van der Waals surface area contributed by atoms with Crippen LogP contribution >= 0.6 is 20.2 Å². The number of hydrogen-bond donors (Lipinski definition) is 2. The maximum absolute atomic E-state index is 4.76. The van der Waals surface area contributed by atoms with Crippen molar-refractivity contribution < 1.29 is 13.1 Å². The number of aromatic amines is 2. The Bertz CT molecular complexity index is 303. The predicted octanol–water partition coefficient (Wildman–Crippen LogP) is 3.32. The van der Waals surface area contributed by atoms with Gasteiger partial charge in [-0.05, 0) is 0 Å². The molecule has 0 spiro atoms. The van der Waals surface area contributed by atoms with E-state index in [1.54, 1.807) is 12.4 Å². The molecule has 0 aliphatic rings. The van der Waals surface area contributed by atoms with Gasteiger partial charge in [0.1, 0.15) is 11.6 Å². The van der Waals surface area contributed by atoms with Crippen LogP contribution in [0.25, 0.3) is 0 Å². The molecule has 4 nitrogen and oxygen atoms in total. The van der Waals surface area contributed by atoms with Gasteiger partial charge in [-0.1, -0.05) is 13.8 Å². The Hall–Kier alpha value is -0.481. The second-order valence-electron chi connectivity index (χ2n) is 2.83. The molecular weight excluding hydrogens is 303 g/mol. The molecule has 98 valence electrons. The number of nitrogens with one attached hydrogen (secondary N) is 2. The van der Waals surface area contributed by atoms with Crippen LogP contribution in [0.15, 0.2) is 24.8 Å². The van der Waals surface area contributed by atoms with Gasteiger partial charge >= 0.3 is 33.3 Å². The Morgan fingerprint density at radius 1 is 1.00 bits per heavy atom. The monoisotopic (exact) mass is 318 g/mol. The average Bonchev–Trinajstić information content (AvgIpc) is 3.04. The summed E-state index contributed by atoms with van der Waals surface area (Å²) in [6.45, 7) is 4.14. The first kappa shape index (κ1) is 16.5. The molecule has 0 fully saturated rings. The Kier molecular flexibility index (Phi) is 11.7. The Morgan fingerprint density at radius 3 is 1.47 bits per heavy atom. The van der Waals surface area contributed by atoms with Crippen LogP contribution in [0.3, 0.4) is 0 Å². The third-order valence-corrected chi connectivity index (χ3v) is 1.78. The normalized spacial score (nSPS) is 8.94. The van der Waals surface area contributed by atoms with E-state index < -0.39 is 0 Å². The van der Waals surface area contributed by atoms with Gasteiger partial charge in [0.15, 0.2) is 0 Å². The molecule has 2 heterocycles. The van der Waals surface area contributed by atoms with Crippen LogP contribution in [-0.4, -0.2) is 19.9 Å². The molecule has 0 radical (unpaired) electrons. The molecule has 0 bridgehead atoms. The molecule has 0 saturated heterocycles. The van der Waals surface area contributed by atoms with Gasteiger partial charge in [0.05, 0.1) is 0 Å². The van der Waals surface area contributed by atoms with Crippen molar-refractivity contribution in [3.8, 4) is 0 Å². The number of hydrogen-bond acceptors (Lipinski definition) is 2. The SMILES string of the molecule is CCc1ncc[nH]1.CCc1ncc[nH]1.[Cl][Fe][Cl]. The van der Waals surface area contributed by atoms with Crippen LogP contribution in [0.1, 0.15) is 25.5 Å². The summed E-state index contributed by atoms with van der Waals surface area (Å²) in [5.41, 5.74) is 0. The molecule has 17 heavy (non-hydrogen) atoms. The standard InChI is InChI=1S/2C5H8N2.2ClH.Fe/c2*1-2-5-6-3-4-7-5;;;/h2*3-4H,2H2,1H3,(H,6,7);2*1H;/q;;;;+2/p-2. The van der Waals surface area contributed by atoms with E-state index in [-0.39, 0.29) is 13.1 Å². The number of aryl methyl sites for hydroxylation is 2. The summed E-state index contributed by atoms with van der Waals surface area (Å²) in [5, 5.41) is 0. The fourth-order valence-electron chi connectivity index (χ4n) is 0.983. The van der Waals surface area contributed by atoms with Crippen LogP contribution < -0.4 is 0 Å². The van der Waals surface area contributed by atoms with Crippen LogP contribution in [0, 0.1) is 0 Å². The second kappa shape index (κ2) is 12.0. The molecule has 2 aromatic rings. The maximum atomic E-state index is 4.76. The van der Waals surface area contributed by atoms with Crippen LogP contribution in [-0.2, 0) is 26.0 Å². The molecule has 7 heteroatoms. The number of imidazole rings is 2. The minimum absolute atomic E-state index is 0.194. The molecule has 0 saturated carbocycles. The van der Waals surface area contributed by atoms with E-state index in [1.807, 2.05) is 12.4 Å². The molecule has 2 N–H and O–H groups in total. The van der Waals surface area contributed by atoms with Crippen LogP contribution in [0.5, 0.6) is 0 Å². The summed E-state index contributed by atoms with van der Waals surface area (Å²) in [6.07, 6.45) is 9.18. The zero-order valence-corrected chi connectivity index (χ0v) is 12.3. The Morgan fingerprint density at radius 2 is 1.35 bits per heavy atom. The first-order valence-electron chi connectivity index (χ1n) is 5.10. The van der Waals surface area contributed by atoms with Gasteiger partial charge in [0.25, 0.3) is 0 Å². The van der Waals surface area contributed by atoms with Crippen molar-refractivity contribution in [1.29, 1.82) is 0 Å². The summed E-state index contributed by atoms with van der Waals surface area (Å²) in [6, 6.07) is 0. The molecule has 0 aliphatic carbocycles. The number of nitrogens with zero attached hydrogens (tertiary/aromatic N) is 2. The zero-order valence-electron chi connectivity index (χ0n) is 9.73. The van der Waals surface area contributed by atoms with Crippen molar-refractivity contribution in [2.45, 2.75) is 26.7 Å². The summed E-state index contributed by atoms with van der Waals surface area (Å²) in [7, 11) is 9.53. The summed E-state index contributed by atoms with van der Waals surface area (Å²) >= 11 is 0.194. The van der Waals surface area contributed by atoms with Crippen LogP contribution in [0.2, 0.25) is 0 Å². The van der Waals surface area contributed by atoms with E-state index in [9.17, 15) is 0 Å². The third kappa shape index (κ3) is 9.24. The second-order valence-corrected chi connectivity index (χ2v) is 4.65. The summed E-state index contributed by atoms with van der Waals surface area (Å²) < 4.78 is 0. The van der Waals surface area contributed by atoms with Crippen molar-refractivity contribution in [1.82, 2.24) is 19.9 Å². The average molecular weight is 319 g/mol. The van der Waals surface area contributed by atoms with Gasteiger partial charge in [-0.3, -0.25) is 0 Å². The molecule has 0 aliphatic heterocycles. The number of rotatable bonds is 2. The number of halogens is 2. The van der Waals surface area contributed by atoms with E-state index in [2.05, 4.69) is 33.8 Å².